The molecule has 6 nitrogen and oxygen atoms in total. The van der Waals surface area contributed by atoms with Crippen molar-refractivity contribution < 1.29 is 18.0 Å². The minimum Gasteiger partial charge on any atom is -0.324 e. The Labute approximate surface area is 183 Å². The molecule has 0 spiro atoms. The van der Waals surface area contributed by atoms with Crippen molar-refractivity contribution in [2.45, 2.75) is 6.18 Å². The number of pyridine rings is 1. The Morgan fingerprint density at radius 2 is 1.77 bits per heavy atom. The highest BCUT2D eigenvalue weighted by Gasteiger charge is 2.30. The van der Waals surface area contributed by atoms with Gasteiger partial charge in [-0.05, 0) is 42.5 Å². The van der Waals surface area contributed by atoms with E-state index in [-0.39, 0.29) is 11.4 Å². The number of aromatic nitrogens is 3. The molecule has 2 aromatic carbocycles. The number of hydrogen-bond donors (Lipinski definition) is 3. The number of nitrogens with zero attached hydrogens (tertiary/aromatic N) is 2. The number of halogens is 5. The van der Waals surface area contributed by atoms with E-state index in [2.05, 4.69) is 25.6 Å². The number of nitrogens with one attached hydrogen (secondary N) is 3. The van der Waals surface area contributed by atoms with Gasteiger partial charge in [0.05, 0.1) is 32.3 Å². The van der Waals surface area contributed by atoms with E-state index in [0.29, 0.717) is 38.9 Å². The van der Waals surface area contributed by atoms with Gasteiger partial charge in [0.1, 0.15) is 5.82 Å². The van der Waals surface area contributed by atoms with Crippen molar-refractivity contribution in [3.8, 4) is 0 Å². The fourth-order valence-electron chi connectivity index (χ4n) is 2.77. The summed E-state index contributed by atoms with van der Waals surface area (Å²) in [5.74, 6) is -0.177. The first-order valence-corrected chi connectivity index (χ1v) is 9.52. The molecule has 0 aliphatic rings. The molecule has 0 saturated carbocycles. The number of aromatic amines is 1. The zero-order valence-corrected chi connectivity index (χ0v) is 16.9. The molecule has 0 atom stereocenters. The molecule has 11 heteroatoms. The summed E-state index contributed by atoms with van der Waals surface area (Å²) in [6, 6.07) is 11.7. The van der Waals surface area contributed by atoms with Crippen molar-refractivity contribution in [3.63, 3.8) is 0 Å². The molecule has 0 unspecified atom stereocenters. The molecule has 0 radical (unpaired) electrons. The number of rotatable bonds is 4. The van der Waals surface area contributed by atoms with E-state index in [0.717, 1.165) is 12.1 Å². The first kappa shape index (κ1) is 21.0. The molecule has 0 saturated heterocycles. The highest BCUT2D eigenvalue weighted by Crippen LogP contribution is 2.32. The van der Waals surface area contributed by atoms with Gasteiger partial charge in [-0.1, -0.05) is 29.3 Å². The second kappa shape index (κ2) is 8.09. The number of carbonyl (C=O) groups excluding carboxylic acids is 1. The number of carbonyl (C=O) groups is 1. The number of benzene rings is 2. The average Bonchev–Trinajstić information content (AvgIpc) is 3.12. The molecule has 2 aromatic heterocycles. The minimum absolute atomic E-state index is 0.00385. The fourth-order valence-corrected chi connectivity index (χ4v) is 3.26. The molecule has 3 N–H and O–H groups in total. The third kappa shape index (κ3) is 4.57. The van der Waals surface area contributed by atoms with Crippen LogP contribution in [0, 0.1) is 0 Å². The van der Waals surface area contributed by atoms with Gasteiger partial charge in [-0.15, -0.1) is 0 Å². The summed E-state index contributed by atoms with van der Waals surface area (Å²) in [5.41, 5.74) is 0.968. The highest BCUT2D eigenvalue weighted by molar-refractivity contribution is 6.39. The lowest BCUT2D eigenvalue weighted by Gasteiger charge is -2.08. The summed E-state index contributed by atoms with van der Waals surface area (Å²) in [7, 11) is 0. The molecular weight excluding hydrogens is 454 g/mol. The highest BCUT2D eigenvalue weighted by atomic mass is 35.5. The predicted octanol–water partition coefficient (Wildman–Crippen LogP) is 6.28. The summed E-state index contributed by atoms with van der Waals surface area (Å²) in [5, 5.41) is 6.29. The Hall–Kier alpha value is -3.30. The summed E-state index contributed by atoms with van der Waals surface area (Å²) < 4.78 is 37.9. The van der Waals surface area contributed by atoms with E-state index in [1.165, 1.54) is 6.07 Å². The van der Waals surface area contributed by atoms with Crippen molar-refractivity contribution in [1.29, 1.82) is 0 Å². The van der Waals surface area contributed by atoms with Crippen molar-refractivity contribution in [3.05, 3.63) is 75.9 Å². The molecule has 158 valence electrons. The molecule has 4 aromatic rings. The van der Waals surface area contributed by atoms with Gasteiger partial charge in [0.25, 0.3) is 5.91 Å². The third-order valence-corrected chi connectivity index (χ3v) is 4.91. The van der Waals surface area contributed by atoms with Crippen molar-refractivity contribution in [2.24, 2.45) is 0 Å². The van der Waals surface area contributed by atoms with Crippen LogP contribution in [-0.2, 0) is 6.18 Å². The summed E-state index contributed by atoms with van der Waals surface area (Å²) in [4.78, 5) is 23.5. The summed E-state index contributed by atoms with van der Waals surface area (Å²) in [6.07, 6.45) is -3.84. The lowest BCUT2D eigenvalue weighted by Crippen LogP contribution is -2.13. The van der Waals surface area contributed by atoms with Gasteiger partial charge in [-0.25, -0.2) is 9.97 Å². The second-order valence-corrected chi connectivity index (χ2v) is 7.24. The SMILES string of the molecule is O=C(Nc1ccc(C(F)(F)F)cn1)c1ccc2[nH]c(Nc3c(Cl)cccc3Cl)nc2c1. The van der Waals surface area contributed by atoms with Gasteiger partial charge < -0.3 is 15.6 Å². The largest absolute Gasteiger partial charge is 0.417 e. The number of fused-ring (bicyclic) bond motifs is 1. The summed E-state index contributed by atoms with van der Waals surface area (Å²) in [6.45, 7) is 0. The molecule has 2 heterocycles. The molecule has 0 bridgehead atoms. The zero-order valence-electron chi connectivity index (χ0n) is 15.4. The molecule has 0 fully saturated rings. The van der Waals surface area contributed by atoms with E-state index in [1.807, 2.05) is 0 Å². The normalized spacial score (nSPS) is 11.5. The monoisotopic (exact) mass is 465 g/mol. The fraction of sp³-hybridized carbons (Fsp3) is 0.0500. The van der Waals surface area contributed by atoms with Crippen LogP contribution < -0.4 is 10.6 Å². The van der Waals surface area contributed by atoms with Gasteiger partial charge in [0.2, 0.25) is 5.95 Å². The molecular formula is C20H12Cl2F3N5O. The third-order valence-electron chi connectivity index (χ3n) is 4.28. The maximum atomic E-state index is 12.6. The van der Waals surface area contributed by atoms with Crippen LogP contribution in [-0.4, -0.2) is 20.9 Å². The molecule has 31 heavy (non-hydrogen) atoms. The predicted molar refractivity (Wildman–Crippen MR) is 113 cm³/mol. The number of amides is 1. The van der Waals surface area contributed by atoms with Crippen molar-refractivity contribution in [1.82, 2.24) is 15.0 Å². The Morgan fingerprint density at radius 3 is 2.42 bits per heavy atom. The Morgan fingerprint density at radius 1 is 1.03 bits per heavy atom. The van der Waals surface area contributed by atoms with Crippen LogP contribution in [0.3, 0.4) is 0 Å². The Bertz CT molecular complexity index is 1250. The van der Waals surface area contributed by atoms with Crippen LogP contribution in [0.15, 0.2) is 54.7 Å². The van der Waals surface area contributed by atoms with Gasteiger partial charge in [-0.3, -0.25) is 4.79 Å². The number of para-hydroxylation sites is 1. The quantitative estimate of drug-likeness (QED) is 0.331. The second-order valence-electron chi connectivity index (χ2n) is 6.42. The standard InChI is InChI=1S/C20H12Cl2F3N5O/c21-12-2-1-3-13(22)17(12)30-19-27-14-6-4-10(8-15(14)28-19)18(31)29-16-7-5-11(9-26-16)20(23,24)25/h1-9H,(H,26,29,31)(H2,27,28,30). The maximum absolute atomic E-state index is 12.6. The van der Waals surface area contributed by atoms with Crippen molar-refractivity contribution in [2.75, 3.05) is 10.6 Å². The molecule has 0 aliphatic carbocycles. The topological polar surface area (TPSA) is 82.7 Å². The van der Waals surface area contributed by atoms with E-state index >= 15 is 0 Å². The van der Waals surface area contributed by atoms with Crippen LogP contribution in [0.25, 0.3) is 11.0 Å². The summed E-state index contributed by atoms with van der Waals surface area (Å²) >= 11 is 12.3. The molecule has 1 amide bonds. The minimum atomic E-state index is -4.50. The lowest BCUT2D eigenvalue weighted by molar-refractivity contribution is -0.137. The number of anilines is 3. The van der Waals surface area contributed by atoms with E-state index in [1.54, 1.807) is 30.3 Å². The van der Waals surface area contributed by atoms with Crippen LogP contribution in [0.2, 0.25) is 10.0 Å². The van der Waals surface area contributed by atoms with Crippen LogP contribution >= 0.6 is 23.2 Å². The molecule has 4 rings (SSSR count). The van der Waals surface area contributed by atoms with Gasteiger partial charge in [0, 0.05) is 11.8 Å². The van der Waals surface area contributed by atoms with E-state index < -0.39 is 17.6 Å². The van der Waals surface area contributed by atoms with Gasteiger partial charge >= 0.3 is 6.18 Å². The Kier molecular flexibility index (Phi) is 5.47. The lowest BCUT2D eigenvalue weighted by atomic mass is 10.2. The first-order valence-electron chi connectivity index (χ1n) is 8.76. The van der Waals surface area contributed by atoms with E-state index in [4.69, 9.17) is 23.2 Å². The number of imidazole rings is 1. The average molecular weight is 466 g/mol. The van der Waals surface area contributed by atoms with Crippen LogP contribution in [0.4, 0.5) is 30.6 Å². The zero-order chi connectivity index (χ0) is 22.2. The van der Waals surface area contributed by atoms with Gasteiger partial charge in [0.15, 0.2) is 0 Å². The number of H-pyrrole nitrogens is 1. The molecule has 0 aliphatic heterocycles. The van der Waals surface area contributed by atoms with Crippen molar-refractivity contribution >= 4 is 57.6 Å². The van der Waals surface area contributed by atoms with Gasteiger partial charge in [-0.2, -0.15) is 13.2 Å². The smallest absolute Gasteiger partial charge is 0.324 e. The first-order chi connectivity index (χ1) is 14.7. The van der Waals surface area contributed by atoms with Crippen LogP contribution in [0.1, 0.15) is 15.9 Å². The maximum Gasteiger partial charge on any atom is 0.417 e. The van der Waals surface area contributed by atoms with E-state index in [9.17, 15) is 18.0 Å². The van der Waals surface area contributed by atoms with Crippen LogP contribution in [0.5, 0.6) is 0 Å². The number of alkyl halides is 3. The Balaban J connectivity index is 1.53. The number of hydrogen-bond acceptors (Lipinski definition) is 4.